The molecule has 0 atom stereocenters. The van der Waals surface area contributed by atoms with Gasteiger partial charge in [-0.2, -0.15) is 0 Å². The van der Waals surface area contributed by atoms with E-state index in [-0.39, 0.29) is 17.6 Å². The fraction of sp³-hybridized carbons (Fsp3) is 0.458. The molecule has 1 heterocycles. The van der Waals surface area contributed by atoms with E-state index < -0.39 is 10.0 Å². The van der Waals surface area contributed by atoms with E-state index in [1.54, 1.807) is 18.2 Å². The van der Waals surface area contributed by atoms with E-state index in [9.17, 15) is 13.2 Å². The van der Waals surface area contributed by atoms with Gasteiger partial charge in [-0.3, -0.25) is 4.79 Å². The molecule has 0 unspecified atom stereocenters. The zero-order valence-corrected chi connectivity index (χ0v) is 21.4. The highest BCUT2D eigenvalue weighted by Gasteiger charge is 2.31. The molecule has 180 valence electrons. The van der Waals surface area contributed by atoms with E-state index in [1.165, 1.54) is 9.99 Å². The first-order valence-corrected chi connectivity index (χ1v) is 13.6. The van der Waals surface area contributed by atoms with Crippen molar-refractivity contribution in [1.29, 1.82) is 0 Å². The first-order chi connectivity index (χ1) is 15.7. The lowest BCUT2D eigenvalue weighted by atomic mass is 9.97. The average Bonchev–Trinajstić information content (AvgIpc) is 2.82. The molecular formula is C24H31Cl2N3O3S. The molecule has 1 saturated heterocycles. The normalized spacial score (nSPS) is 15.4. The summed E-state index contributed by atoms with van der Waals surface area (Å²) in [6, 6.07) is 13.2. The predicted octanol–water partition coefficient (Wildman–Crippen LogP) is 4.70. The van der Waals surface area contributed by atoms with Crippen LogP contribution in [0.2, 0.25) is 10.0 Å². The van der Waals surface area contributed by atoms with Crippen molar-refractivity contribution in [2.45, 2.75) is 39.0 Å². The monoisotopic (exact) mass is 511 g/mol. The van der Waals surface area contributed by atoms with E-state index in [4.69, 9.17) is 23.2 Å². The van der Waals surface area contributed by atoms with Crippen molar-refractivity contribution in [3.8, 4) is 0 Å². The van der Waals surface area contributed by atoms with E-state index in [1.807, 2.05) is 12.1 Å². The summed E-state index contributed by atoms with van der Waals surface area (Å²) in [7, 11) is -3.57. The summed E-state index contributed by atoms with van der Waals surface area (Å²) in [4.78, 5) is 14.9. The lowest BCUT2D eigenvalue weighted by molar-refractivity contribution is -0.126. The van der Waals surface area contributed by atoms with E-state index in [0.717, 1.165) is 18.7 Å². The number of benzene rings is 2. The standard InChI is InChI=1S/C24H31Cl2N3O3S/c1-3-28(4-2)20-10-8-18(9-11-20)16-27-24(30)19-12-14-29(15-13-19)33(31,32)17-21-22(25)6-5-7-23(21)26/h5-11,19H,3-4,12-17H2,1-2H3,(H,27,30). The highest BCUT2D eigenvalue weighted by Crippen LogP contribution is 2.29. The molecular weight excluding hydrogens is 481 g/mol. The van der Waals surface area contributed by atoms with Gasteiger partial charge in [-0.25, -0.2) is 12.7 Å². The minimum atomic E-state index is -3.57. The maximum Gasteiger partial charge on any atom is 0.223 e. The quantitative estimate of drug-likeness (QED) is 0.529. The Morgan fingerprint density at radius 3 is 2.15 bits per heavy atom. The summed E-state index contributed by atoms with van der Waals surface area (Å²) in [6.07, 6.45) is 0.977. The summed E-state index contributed by atoms with van der Waals surface area (Å²) >= 11 is 12.3. The van der Waals surface area contributed by atoms with Gasteiger partial charge in [-0.1, -0.05) is 41.4 Å². The number of carbonyl (C=O) groups is 1. The Labute approximate surface area is 206 Å². The lowest BCUT2D eigenvalue weighted by Gasteiger charge is -2.30. The Bertz CT molecular complexity index is 1030. The van der Waals surface area contributed by atoms with Crippen LogP contribution < -0.4 is 10.2 Å². The Morgan fingerprint density at radius 2 is 1.61 bits per heavy atom. The molecule has 1 N–H and O–H groups in total. The third kappa shape index (κ3) is 6.63. The number of piperidine rings is 1. The molecule has 1 fully saturated rings. The van der Waals surface area contributed by atoms with E-state index in [0.29, 0.717) is 48.1 Å². The molecule has 2 aromatic carbocycles. The predicted molar refractivity (Wildman–Crippen MR) is 135 cm³/mol. The fourth-order valence-electron chi connectivity index (χ4n) is 4.09. The van der Waals surface area contributed by atoms with Crippen LogP contribution >= 0.6 is 23.2 Å². The highest BCUT2D eigenvalue weighted by atomic mass is 35.5. The Hall–Kier alpha value is -1.80. The molecule has 9 heteroatoms. The van der Waals surface area contributed by atoms with Crippen LogP contribution in [0.5, 0.6) is 0 Å². The Kier molecular flexibility index (Phi) is 9.04. The van der Waals surface area contributed by atoms with Crippen LogP contribution in [0, 0.1) is 5.92 Å². The van der Waals surface area contributed by atoms with Gasteiger partial charge >= 0.3 is 0 Å². The average molecular weight is 513 g/mol. The summed E-state index contributed by atoms with van der Waals surface area (Å²) in [5.41, 5.74) is 2.62. The molecule has 0 saturated carbocycles. The Balaban J connectivity index is 1.50. The summed E-state index contributed by atoms with van der Waals surface area (Å²) in [5, 5.41) is 3.68. The molecule has 3 rings (SSSR count). The highest BCUT2D eigenvalue weighted by molar-refractivity contribution is 7.88. The number of hydrogen-bond acceptors (Lipinski definition) is 4. The van der Waals surface area contributed by atoms with Crippen molar-refractivity contribution in [3.63, 3.8) is 0 Å². The van der Waals surface area contributed by atoms with Crippen molar-refractivity contribution in [1.82, 2.24) is 9.62 Å². The Morgan fingerprint density at radius 1 is 1.03 bits per heavy atom. The molecule has 6 nitrogen and oxygen atoms in total. The van der Waals surface area contributed by atoms with Crippen molar-refractivity contribution in [2.75, 3.05) is 31.1 Å². The number of rotatable bonds is 9. The first kappa shape index (κ1) is 25.8. The summed E-state index contributed by atoms with van der Waals surface area (Å²) in [6.45, 7) is 7.22. The van der Waals surface area contributed by atoms with Gasteiger partial charge in [-0.15, -0.1) is 0 Å². The second-order valence-electron chi connectivity index (χ2n) is 8.19. The number of sulfonamides is 1. The van der Waals surface area contributed by atoms with Gasteiger partial charge in [0.25, 0.3) is 0 Å². The number of nitrogens with one attached hydrogen (secondary N) is 1. The minimum Gasteiger partial charge on any atom is -0.372 e. The fourth-order valence-corrected chi connectivity index (χ4v) is 6.40. The van der Waals surface area contributed by atoms with Crippen LogP contribution in [0.15, 0.2) is 42.5 Å². The largest absolute Gasteiger partial charge is 0.372 e. The number of hydrogen-bond donors (Lipinski definition) is 1. The smallest absolute Gasteiger partial charge is 0.223 e. The van der Waals surface area contributed by atoms with Crippen molar-refractivity contribution < 1.29 is 13.2 Å². The number of amides is 1. The summed E-state index contributed by atoms with van der Waals surface area (Å²) < 4.78 is 27.2. The molecule has 1 aliphatic rings. The van der Waals surface area contributed by atoms with Crippen molar-refractivity contribution >= 4 is 44.8 Å². The topological polar surface area (TPSA) is 69.7 Å². The minimum absolute atomic E-state index is 0.0333. The zero-order chi connectivity index (χ0) is 24.0. The number of nitrogens with zero attached hydrogens (tertiary/aromatic N) is 2. The molecule has 1 aliphatic heterocycles. The SMILES string of the molecule is CCN(CC)c1ccc(CNC(=O)C2CCN(S(=O)(=O)Cc3c(Cl)cccc3Cl)CC2)cc1. The number of halogens is 2. The van der Waals surface area contributed by atoms with Crippen LogP contribution in [0.25, 0.3) is 0 Å². The first-order valence-electron chi connectivity index (χ1n) is 11.3. The molecule has 1 amide bonds. The number of carbonyl (C=O) groups excluding carboxylic acids is 1. The van der Waals surface area contributed by atoms with Gasteiger partial charge in [0.2, 0.25) is 15.9 Å². The molecule has 0 bridgehead atoms. The van der Waals surface area contributed by atoms with E-state index >= 15 is 0 Å². The third-order valence-electron chi connectivity index (χ3n) is 6.14. The van der Waals surface area contributed by atoms with Crippen LogP contribution in [-0.4, -0.2) is 44.8 Å². The molecule has 0 radical (unpaired) electrons. The van der Waals surface area contributed by atoms with Gasteiger partial charge < -0.3 is 10.2 Å². The second kappa shape index (κ2) is 11.6. The van der Waals surface area contributed by atoms with Gasteiger partial charge in [-0.05, 0) is 56.5 Å². The number of anilines is 1. The van der Waals surface area contributed by atoms with Crippen molar-refractivity contribution in [3.05, 3.63) is 63.6 Å². The third-order valence-corrected chi connectivity index (χ3v) is 8.65. The zero-order valence-electron chi connectivity index (χ0n) is 19.1. The van der Waals surface area contributed by atoms with Crippen LogP contribution in [0.4, 0.5) is 5.69 Å². The lowest BCUT2D eigenvalue weighted by Crippen LogP contribution is -2.43. The van der Waals surface area contributed by atoms with Crippen LogP contribution in [0.1, 0.15) is 37.8 Å². The van der Waals surface area contributed by atoms with Crippen molar-refractivity contribution in [2.24, 2.45) is 5.92 Å². The second-order valence-corrected chi connectivity index (χ2v) is 11.0. The molecule has 33 heavy (non-hydrogen) atoms. The van der Waals surface area contributed by atoms with Gasteiger partial charge in [0.15, 0.2) is 0 Å². The van der Waals surface area contributed by atoms with Gasteiger partial charge in [0.1, 0.15) is 0 Å². The summed E-state index contributed by atoms with van der Waals surface area (Å²) in [5.74, 6) is -0.476. The molecule has 0 aromatic heterocycles. The maximum absolute atomic E-state index is 12.9. The van der Waals surface area contributed by atoms with Crippen LogP contribution in [0.3, 0.4) is 0 Å². The van der Waals surface area contributed by atoms with E-state index in [2.05, 4.69) is 36.2 Å². The van der Waals surface area contributed by atoms with Gasteiger partial charge in [0, 0.05) is 59.9 Å². The molecule has 0 aliphatic carbocycles. The maximum atomic E-state index is 12.9. The molecule has 0 spiro atoms. The van der Waals surface area contributed by atoms with Gasteiger partial charge in [0.05, 0.1) is 5.75 Å². The van der Waals surface area contributed by atoms with Crippen LogP contribution in [-0.2, 0) is 27.1 Å². The molecule has 2 aromatic rings.